The molecule has 0 bridgehead atoms. The Morgan fingerprint density at radius 2 is 2.17 bits per heavy atom. The maximum Gasteiger partial charge on any atom is 0.319 e. The summed E-state index contributed by atoms with van der Waals surface area (Å²) in [4.78, 5) is 16.1. The highest BCUT2D eigenvalue weighted by Gasteiger charge is 2.13. The number of carbonyl (C=O) groups excluding carboxylic acids is 1. The van der Waals surface area contributed by atoms with Crippen LogP contribution in [-0.2, 0) is 0 Å². The van der Waals surface area contributed by atoms with E-state index in [1.165, 1.54) is 12.5 Å². The molecule has 2 amide bonds. The number of urea groups is 1. The predicted octanol–water partition coefficient (Wildman–Crippen LogP) is 3.10. The Kier molecular flexibility index (Phi) is 4.62. The number of aliphatic hydroxyl groups excluding tert-OH is 1. The number of aliphatic hydroxyl groups is 1. The van der Waals surface area contributed by atoms with Crippen LogP contribution >= 0.6 is 0 Å². The van der Waals surface area contributed by atoms with Crippen LogP contribution in [0.2, 0.25) is 0 Å². The molecule has 7 heteroatoms. The molecule has 0 aliphatic rings. The summed E-state index contributed by atoms with van der Waals surface area (Å²) in [5.41, 5.74) is 2.29. The molecule has 1 atom stereocenters. The minimum Gasteiger partial charge on any atom is -0.467 e. The molecule has 3 rings (SSSR count). The summed E-state index contributed by atoms with van der Waals surface area (Å²) in [5, 5.41) is 15.2. The van der Waals surface area contributed by atoms with Crippen LogP contribution in [0.4, 0.5) is 10.5 Å². The number of amides is 2. The number of aromatic nitrogens is 1. The van der Waals surface area contributed by atoms with Gasteiger partial charge in [-0.15, -0.1) is 0 Å². The van der Waals surface area contributed by atoms with Crippen LogP contribution in [0, 0.1) is 6.92 Å². The van der Waals surface area contributed by atoms with E-state index in [-0.39, 0.29) is 6.54 Å². The molecule has 7 nitrogen and oxygen atoms in total. The number of hydrogen-bond acceptors (Lipinski definition) is 5. The number of rotatable bonds is 5. The van der Waals surface area contributed by atoms with E-state index in [4.69, 9.17) is 8.83 Å². The number of benzene rings is 1. The largest absolute Gasteiger partial charge is 0.467 e. The first-order chi connectivity index (χ1) is 11.6. The first kappa shape index (κ1) is 15.8. The van der Waals surface area contributed by atoms with Crippen LogP contribution in [0.15, 0.2) is 57.9 Å². The van der Waals surface area contributed by atoms with E-state index >= 15 is 0 Å². The second kappa shape index (κ2) is 7.01. The second-order valence-corrected chi connectivity index (χ2v) is 5.23. The third-order valence-electron chi connectivity index (χ3n) is 3.49. The van der Waals surface area contributed by atoms with Crippen molar-refractivity contribution in [3.63, 3.8) is 0 Å². The van der Waals surface area contributed by atoms with Gasteiger partial charge in [0.2, 0.25) is 5.89 Å². The van der Waals surface area contributed by atoms with Crippen LogP contribution in [-0.4, -0.2) is 22.7 Å². The lowest BCUT2D eigenvalue weighted by molar-refractivity contribution is 0.149. The number of anilines is 1. The van der Waals surface area contributed by atoms with E-state index in [0.29, 0.717) is 17.3 Å². The summed E-state index contributed by atoms with van der Waals surface area (Å²) in [7, 11) is 0. The molecule has 0 saturated carbocycles. The number of carbonyl (C=O) groups is 1. The van der Waals surface area contributed by atoms with E-state index in [1.807, 2.05) is 19.1 Å². The zero-order valence-electron chi connectivity index (χ0n) is 13.0. The summed E-state index contributed by atoms with van der Waals surface area (Å²) in [5.74, 6) is 0.879. The molecule has 3 aromatic rings. The Morgan fingerprint density at radius 1 is 1.29 bits per heavy atom. The van der Waals surface area contributed by atoms with Crippen LogP contribution in [0.25, 0.3) is 11.5 Å². The number of nitrogens with one attached hydrogen (secondary N) is 2. The van der Waals surface area contributed by atoms with Crippen LogP contribution in [0.5, 0.6) is 0 Å². The van der Waals surface area contributed by atoms with Gasteiger partial charge in [-0.25, -0.2) is 9.78 Å². The van der Waals surface area contributed by atoms with Crippen molar-refractivity contribution in [2.24, 2.45) is 0 Å². The van der Waals surface area contributed by atoms with E-state index in [9.17, 15) is 9.90 Å². The Balaban J connectivity index is 1.62. The quantitative estimate of drug-likeness (QED) is 0.668. The molecule has 0 saturated heterocycles. The fourth-order valence-corrected chi connectivity index (χ4v) is 2.19. The van der Waals surface area contributed by atoms with Gasteiger partial charge in [-0.1, -0.05) is 6.07 Å². The molecule has 2 aromatic heterocycles. The monoisotopic (exact) mass is 327 g/mol. The first-order valence-corrected chi connectivity index (χ1v) is 7.40. The fraction of sp³-hybridized carbons (Fsp3) is 0.176. The van der Waals surface area contributed by atoms with Crippen LogP contribution in [0.3, 0.4) is 0 Å². The predicted molar refractivity (Wildman–Crippen MR) is 87.4 cm³/mol. The minimum atomic E-state index is -0.898. The zero-order chi connectivity index (χ0) is 16.9. The molecular formula is C17H17N3O4. The second-order valence-electron chi connectivity index (χ2n) is 5.23. The summed E-state index contributed by atoms with van der Waals surface area (Å²) in [6.45, 7) is 1.92. The third-order valence-corrected chi connectivity index (χ3v) is 3.49. The van der Waals surface area contributed by atoms with Gasteiger partial charge in [-0.05, 0) is 36.8 Å². The fourth-order valence-electron chi connectivity index (χ4n) is 2.19. The van der Waals surface area contributed by atoms with E-state index in [0.717, 1.165) is 11.1 Å². The van der Waals surface area contributed by atoms with Crippen molar-refractivity contribution >= 4 is 11.7 Å². The maximum absolute atomic E-state index is 12.0. The topological polar surface area (TPSA) is 101 Å². The Labute approximate surface area is 138 Å². The molecule has 0 aliphatic heterocycles. The van der Waals surface area contributed by atoms with Crippen molar-refractivity contribution in [3.8, 4) is 11.5 Å². The molecular weight excluding hydrogens is 310 g/mol. The van der Waals surface area contributed by atoms with Gasteiger partial charge in [0.1, 0.15) is 18.1 Å². The molecule has 2 heterocycles. The first-order valence-electron chi connectivity index (χ1n) is 7.40. The normalized spacial score (nSPS) is 11.9. The molecule has 0 spiro atoms. The van der Waals surface area contributed by atoms with Crippen LogP contribution in [0.1, 0.15) is 17.4 Å². The molecule has 0 fully saturated rings. The lowest BCUT2D eigenvalue weighted by Gasteiger charge is -2.12. The number of hydrogen-bond donors (Lipinski definition) is 3. The minimum absolute atomic E-state index is 0.0395. The van der Waals surface area contributed by atoms with Crippen molar-refractivity contribution in [2.75, 3.05) is 11.9 Å². The van der Waals surface area contributed by atoms with Crippen molar-refractivity contribution in [2.45, 2.75) is 13.0 Å². The Hall–Kier alpha value is -3.06. The molecule has 1 aromatic carbocycles. The third kappa shape index (κ3) is 3.64. The smallest absolute Gasteiger partial charge is 0.319 e. The van der Waals surface area contributed by atoms with Gasteiger partial charge in [0.05, 0.1) is 19.0 Å². The van der Waals surface area contributed by atoms with Gasteiger partial charge >= 0.3 is 6.03 Å². The number of furan rings is 1. The van der Waals surface area contributed by atoms with Crippen LogP contribution < -0.4 is 10.6 Å². The highest BCUT2D eigenvalue weighted by molar-refractivity contribution is 5.90. The summed E-state index contributed by atoms with van der Waals surface area (Å²) in [6, 6.07) is 8.42. The van der Waals surface area contributed by atoms with Gasteiger partial charge in [-0.2, -0.15) is 0 Å². The van der Waals surface area contributed by atoms with Crippen molar-refractivity contribution in [1.29, 1.82) is 0 Å². The highest BCUT2D eigenvalue weighted by atomic mass is 16.4. The van der Waals surface area contributed by atoms with Gasteiger partial charge in [0.15, 0.2) is 0 Å². The average molecular weight is 327 g/mol. The number of aryl methyl sites for hydroxylation is 1. The highest BCUT2D eigenvalue weighted by Crippen LogP contribution is 2.24. The lowest BCUT2D eigenvalue weighted by atomic mass is 10.1. The summed E-state index contributed by atoms with van der Waals surface area (Å²) >= 11 is 0. The van der Waals surface area contributed by atoms with Gasteiger partial charge in [0.25, 0.3) is 0 Å². The Bertz CT molecular complexity index is 797. The van der Waals surface area contributed by atoms with Gasteiger partial charge < -0.3 is 24.6 Å². The molecule has 1 unspecified atom stereocenters. The SMILES string of the molecule is Cc1ccc(-c2ncco2)cc1NC(=O)NCC(O)c1ccco1. The molecule has 24 heavy (non-hydrogen) atoms. The van der Waals surface area contributed by atoms with Gasteiger partial charge in [-0.3, -0.25) is 0 Å². The zero-order valence-corrected chi connectivity index (χ0v) is 13.0. The van der Waals surface area contributed by atoms with Crippen molar-refractivity contribution in [1.82, 2.24) is 10.3 Å². The summed E-state index contributed by atoms with van der Waals surface area (Å²) < 4.78 is 10.3. The number of oxazole rings is 1. The van der Waals surface area contributed by atoms with Crippen molar-refractivity contribution < 1.29 is 18.7 Å². The van der Waals surface area contributed by atoms with E-state index in [1.54, 1.807) is 24.4 Å². The molecule has 124 valence electrons. The maximum atomic E-state index is 12.0. The Morgan fingerprint density at radius 3 is 2.88 bits per heavy atom. The molecule has 0 radical (unpaired) electrons. The number of nitrogens with zero attached hydrogens (tertiary/aromatic N) is 1. The van der Waals surface area contributed by atoms with Gasteiger partial charge in [0, 0.05) is 11.3 Å². The molecule has 3 N–H and O–H groups in total. The average Bonchev–Trinajstić information content (AvgIpc) is 3.28. The van der Waals surface area contributed by atoms with E-state index in [2.05, 4.69) is 15.6 Å². The standard InChI is InChI=1S/C17H17N3O4/c1-11-4-5-12(16-18-6-8-24-16)9-13(11)20-17(22)19-10-14(21)15-3-2-7-23-15/h2-9,14,21H,10H2,1H3,(H2,19,20,22). The van der Waals surface area contributed by atoms with E-state index < -0.39 is 12.1 Å². The summed E-state index contributed by atoms with van der Waals surface area (Å²) in [6.07, 6.45) is 3.62. The lowest BCUT2D eigenvalue weighted by Crippen LogP contribution is -2.32. The van der Waals surface area contributed by atoms with Crippen molar-refractivity contribution in [3.05, 3.63) is 60.4 Å². The molecule has 0 aliphatic carbocycles.